The van der Waals surface area contributed by atoms with E-state index in [9.17, 15) is 0 Å². The van der Waals surface area contributed by atoms with Crippen LogP contribution in [0.1, 0.15) is 27.8 Å². The summed E-state index contributed by atoms with van der Waals surface area (Å²) in [6.45, 7) is 10.8. The Morgan fingerprint density at radius 2 is 1.41 bits per heavy atom. The number of nitrogens with zero attached hydrogens (tertiary/aromatic N) is 2. The highest BCUT2D eigenvalue weighted by Crippen LogP contribution is 2.20. The van der Waals surface area contributed by atoms with Gasteiger partial charge in [0, 0.05) is 0 Å². The van der Waals surface area contributed by atoms with Crippen molar-refractivity contribution in [1.29, 1.82) is 0 Å². The SMILES string of the molecule is Cc1cc(C)c(-[n+]2ccn(-c3c(C)cccc3C)c2)c(C)c1. The van der Waals surface area contributed by atoms with Crippen LogP contribution in [0.2, 0.25) is 0 Å². The van der Waals surface area contributed by atoms with Crippen molar-refractivity contribution in [2.24, 2.45) is 0 Å². The largest absolute Gasteiger partial charge is 0.254 e. The Morgan fingerprint density at radius 1 is 0.818 bits per heavy atom. The van der Waals surface area contributed by atoms with Gasteiger partial charge in [0.1, 0.15) is 23.8 Å². The minimum Gasteiger partial charge on any atom is -0.202 e. The second-order valence-electron chi connectivity index (χ2n) is 6.22. The lowest BCUT2D eigenvalue weighted by atomic mass is 10.1. The molecule has 112 valence electrons. The molecule has 0 amide bonds. The van der Waals surface area contributed by atoms with Gasteiger partial charge < -0.3 is 0 Å². The van der Waals surface area contributed by atoms with Crippen LogP contribution in [-0.4, -0.2) is 4.57 Å². The molecular formula is C20H23N2+. The Bertz CT molecular complexity index is 797. The molecule has 0 saturated carbocycles. The summed E-state index contributed by atoms with van der Waals surface area (Å²) in [5, 5.41) is 0. The second-order valence-corrected chi connectivity index (χ2v) is 6.22. The number of aromatic nitrogens is 2. The minimum absolute atomic E-state index is 1.27. The van der Waals surface area contributed by atoms with E-state index in [0.717, 1.165) is 0 Å². The smallest absolute Gasteiger partial charge is 0.202 e. The van der Waals surface area contributed by atoms with Crippen molar-refractivity contribution in [3.8, 4) is 11.4 Å². The Kier molecular flexibility index (Phi) is 3.61. The summed E-state index contributed by atoms with van der Waals surface area (Å²) in [5.74, 6) is 0. The Balaban J connectivity index is 2.13. The molecule has 2 nitrogen and oxygen atoms in total. The number of hydrogen-bond donors (Lipinski definition) is 0. The average Bonchev–Trinajstić information content (AvgIpc) is 2.86. The molecule has 22 heavy (non-hydrogen) atoms. The minimum atomic E-state index is 1.27. The van der Waals surface area contributed by atoms with E-state index in [1.165, 1.54) is 39.2 Å². The van der Waals surface area contributed by atoms with Gasteiger partial charge >= 0.3 is 0 Å². The summed E-state index contributed by atoms with van der Waals surface area (Å²) in [7, 11) is 0. The molecule has 2 aromatic carbocycles. The van der Waals surface area contributed by atoms with Gasteiger partial charge in [-0.25, -0.2) is 9.13 Å². The van der Waals surface area contributed by atoms with Crippen LogP contribution < -0.4 is 4.57 Å². The lowest BCUT2D eigenvalue weighted by molar-refractivity contribution is -0.595. The summed E-state index contributed by atoms with van der Waals surface area (Å²) in [6.07, 6.45) is 6.44. The molecule has 0 radical (unpaired) electrons. The topological polar surface area (TPSA) is 8.81 Å². The van der Waals surface area contributed by atoms with Crippen molar-refractivity contribution in [3.63, 3.8) is 0 Å². The predicted octanol–water partition coefficient (Wildman–Crippen LogP) is 4.30. The van der Waals surface area contributed by atoms with E-state index in [1.54, 1.807) is 0 Å². The third kappa shape index (κ3) is 2.45. The van der Waals surface area contributed by atoms with Gasteiger partial charge in [-0.2, -0.15) is 0 Å². The van der Waals surface area contributed by atoms with E-state index in [4.69, 9.17) is 0 Å². The van der Waals surface area contributed by atoms with E-state index < -0.39 is 0 Å². The van der Waals surface area contributed by atoms with Crippen LogP contribution in [0.5, 0.6) is 0 Å². The molecule has 0 saturated heterocycles. The van der Waals surface area contributed by atoms with Gasteiger partial charge in [-0.1, -0.05) is 35.9 Å². The third-order valence-electron chi connectivity index (χ3n) is 4.23. The Labute approximate surface area is 132 Å². The Morgan fingerprint density at radius 3 is 2.00 bits per heavy atom. The summed E-state index contributed by atoms with van der Waals surface area (Å²) in [4.78, 5) is 0. The molecule has 0 N–H and O–H groups in total. The lowest BCUT2D eigenvalue weighted by Gasteiger charge is -2.07. The summed E-state index contributed by atoms with van der Waals surface area (Å²) < 4.78 is 4.43. The van der Waals surface area contributed by atoms with E-state index in [-0.39, 0.29) is 0 Å². The third-order valence-corrected chi connectivity index (χ3v) is 4.23. The van der Waals surface area contributed by atoms with Gasteiger partial charge in [-0.3, -0.25) is 0 Å². The zero-order chi connectivity index (χ0) is 15.9. The van der Waals surface area contributed by atoms with Crippen molar-refractivity contribution in [3.05, 3.63) is 76.9 Å². The maximum absolute atomic E-state index is 2.24. The number of benzene rings is 2. The van der Waals surface area contributed by atoms with Crippen molar-refractivity contribution in [1.82, 2.24) is 4.57 Å². The first kappa shape index (κ1) is 14.6. The fourth-order valence-electron chi connectivity index (χ4n) is 3.41. The normalized spacial score (nSPS) is 11.0. The number of aryl methyl sites for hydroxylation is 5. The maximum Gasteiger partial charge on any atom is 0.254 e. The maximum atomic E-state index is 2.24. The van der Waals surface area contributed by atoms with Crippen LogP contribution in [0.3, 0.4) is 0 Å². The fraction of sp³-hybridized carbons (Fsp3) is 0.250. The molecule has 0 bridgehead atoms. The van der Waals surface area contributed by atoms with Gasteiger partial charge in [-0.05, 0) is 56.9 Å². The molecule has 3 aromatic rings. The summed E-state index contributed by atoms with van der Waals surface area (Å²) >= 11 is 0. The van der Waals surface area contributed by atoms with Crippen molar-refractivity contribution >= 4 is 0 Å². The zero-order valence-electron chi connectivity index (χ0n) is 14.0. The Hall–Kier alpha value is -2.35. The number of imidazole rings is 1. The fourth-order valence-corrected chi connectivity index (χ4v) is 3.41. The van der Waals surface area contributed by atoms with Crippen LogP contribution in [-0.2, 0) is 0 Å². The molecule has 0 unspecified atom stereocenters. The van der Waals surface area contributed by atoms with E-state index >= 15 is 0 Å². The van der Waals surface area contributed by atoms with Crippen molar-refractivity contribution < 1.29 is 4.57 Å². The predicted molar refractivity (Wildman–Crippen MR) is 91.0 cm³/mol. The number of rotatable bonds is 2. The van der Waals surface area contributed by atoms with Crippen molar-refractivity contribution in [2.45, 2.75) is 34.6 Å². The summed E-state index contributed by atoms with van der Waals surface area (Å²) in [6, 6.07) is 10.9. The first-order valence-electron chi connectivity index (χ1n) is 7.71. The second kappa shape index (κ2) is 5.45. The van der Waals surface area contributed by atoms with E-state index in [0.29, 0.717) is 0 Å². The molecule has 1 aromatic heterocycles. The number of para-hydroxylation sites is 1. The molecule has 0 fully saturated rings. The molecule has 0 atom stereocenters. The highest BCUT2D eigenvalue weighted by molar-refractivity contribution is 5.47. The standard InChI is InChI=1S/C20H23N2/c1-14-11-17(4)20(18(5)12-14)22-10-9-21(13-22)19-15(2)7-6-8-16(19)3/h6-13H,1-5H3/q+1. The molecule has 2 heteroatoms. The quantitative estimate of drug-likeness (QED) is 0.623. The van der Waals surface area contributed by atoms with Gasteiger partial charge in [0.25, 0.3) is 6.33 Å². The van der Waals surface area contributed by atoms with Crippen LogP contribution in [0.25, 0.3) is 11.4 Å². The van der Waals surface area contributed by atoms with Crippen LogP contribution in [0, 0.1) is 34.6 Å². The van der Waals surface area contributed by atoms with Gasteiger partial charge in [0.05, 0.1) is 0 Å². The van der Waals surface area contributed by atoms with Crippen LogP contribution in [0.4, 0.5) is 0 Å². The number of hydrogen-bond acceptors (Lipinski definition) is 0. The van der Waals surface area contributed by atoms with Crippen LogP contribution >= 0.6 is 0 Å². The molecule has 3 rings (SSSR count). The first-order valence-corrected chi connectivity index (χ1v) is 7.71. The lowest BCUT2D eigenvalue weighted by Crippen LogP contribution is -2.30. The van der Waals surface area contributed by atoms with Crippen molar-refractivity contribution in [2.75, 3.05) is 0 Å². The molecule has 0 spiro atoms. The van der Waals surface area contributed by atoms with Gasteiger partial charge in [0.15, 0.2) is 0 Å². The highest BCUT2D eigenvalue weighted by atomic mass is 15.1. The molecule has 1 heterocycles. The van der Waals surface area contributed by atoms with Crippen LogP contribution in [0.15, 0.2) is 49.1 Å². The molecule has 0 aliphatic heterocycles. The highest BCUT2D eigenvalue weighted by Gasteiger charge is 2.16. The first-order chi connectivity index (χ1) is 10.5. The molecule has 0 aliphatic rings. The molecule has 0 aliphatic carbocycles. The summed E-state index contributed by atoms with van der Waals surface area (Å²) in [5.41, 5.74) is 9.05. The monoisotopic (exact) mass is 291 g/mol. The van der Waals surface area contributed by atoms with Gasteiger partial charge in [-0.15, -0.1) is 0 Å². The van der Waals surface area contributed by atoms with E-state index in [1.807, 2.05) is 0 Å². The zero-order valence-corrected chi connectivity index (χ0v) is 14.0. The molecular weight excluding hydrogens is 268 g/mol. The van der Waals surface area contributed by atoms with Gasteiger partial charge in [0.2, 0.25) is 0 Å². The average molecular weight is 291 g/mol. The van der Waals surface area contributed by atoms with E-state index in [2.05, 4.69) is 92.8 Å².